The molecule has 3 amide bonds. The highest BCUT2D eigenvalue weighted by Gasteiger charge is 2.29. The van der Waals surface area contributed by atoms with Crippen LogP contribution in [-0.4, -0.2) is 33.3 Å². The standard InChI is InChI=1S/C21H22N4O3S2/c1-3-22-20(28)23-17(26)12(2)30-21-24-18-16(15(11-29-18)13-9-10-13)19(27)25(21)14-7-5-4-6-8-14/h4-8,11-13H,3,9-10H2,1-2H3,(H2,22,23,26,28). The molecule has 1 aliphatic carbocycles. The van der Waals surface area contributed by atoms with Crippen LogP contribution in [0.4, 0.5) is 4.79 Å². The van der Waals surface area contributed by atoms with E-state index in [0.717, 1.165) is 30.2 Å². The second-order valence-electron chi connectivity index (χ2n) is 7.12. The Kier molecular flexibility index (Phi) is 5.92. The van der Waals surface area contributed by atoms with Crippen LogP contribution in [-0.2, 0) is 4.79 Å². The van der Waals surface area contributed by atoms with Gasteiger partial charge in [-0.15, -0.1) is 11.3 Å². The molecule has 9 heteroatoms. The third-order valence-corrected chi connectivity index (χ3v) is 6.81. The van der Waals surface area contributed by atoms with Gasteiger partial charge < -0.3 is 5.32 Å². The van der Waals surface area contributed by atoms with E-state index in [9.17, 15) is 14.4 Å². The predicted octanol–water partition coefficient (Wildman–Crippen LogP) is 3.65. The van der Waals surface area contributed by atoms with E-state index in [0.29, 0.717) is 33.5 Å². The molecule has 1 atom stereocenters. The average Bonchev–Trinajstić information content (AvgIpc) is 3.48. The third kappa shape index (κ3) is 4.13. The lowest BCUT2D eigenvalue weighted by atomic mass is 10.1. The van der Waals surface area contributed by atoms with E-state index >= 15 is 0 Å². The van der Waals surface area contributed by atoms with Crippen LogP contribution in [0.1, 0.15) is 38.2 Å². The maximum Gasteiger partial charge on any atom is 0.321 e. The summed E-state index contributed by atoms with van der Waals surface area (Å²) in [5, 5.41) is 7.38. The molecule has 1 saturated carbocycles. The van der Waals surface area contributed by atoms with Gasteiger partial charge in [-0.2, -0.15) is 0 Å². The number of nitrogens with one attached hydrogen (secondary N) is 2. The van der Waals surface area contributed by atoms with Crippen molar-refractivity contribution in [2.24, 2.45) is 0 Å². The molecule has 156 valence electrons. The van der Waals surface area contributed by atoms with Crippen LogP contribution in [0.2, 0.25) is 0 Å². The van der Waals surface area contributed by atoms with Gasteiger partial charge in [0.2, 0.25) is 5.91 Å². The van der Waals surface area contributed by atoms with Crippen molar-refractivity contribution < 1.29 is 9.59 Å². The summed E-state index contributed by atoms with van der Waals surface area (Å²) in [7, 11) is 0. The quantitative estimate of drug-likeness (QED) is 0.449. The first-order valence-electron chi connectivity index (χ1n) is 9.84. The molecule has 1 aromatic carbocycles. The maximum absolute atomic E-state index is 13.5. The fourth-order valence-corrected chi connectivity index (χ4v) is 5.19. The number of thioether (sulfide) groups is 1. The van der Waals surface area contributed by atoms with Gasteiger partial charge in [0.05, 0.1) is 16.3 Å². The van der Waals surface area contributed by atoms with E-state index in [-0.39, 0.29) is 5.56 Å². The number of para-hydroxylation sites is 1. The molecule has 1 unspecified atom stereocenters. The zero-order valence-corrected chi connectivity index (χ0v) is 18.3. The second kappa shape index (κ2) is 8.61. The minimum atomic E-state index is -0.616. The summed E-state index contributed by atoms with van der Waals surface area (Å²) in [6, 6.07) is 8.77. The highest BCUT2D eigenvalue weighted by Crippen LogP contribution is 2.44. The number of carbonyl (C=O) groups is 2. The molecule has 0 saturated heterocycles. The summed E-state index contributed by atoms with van der Waals surface area (Å²) < 4.78 is 1.57. The molecule has 0 aliphatic heterocycles. The van der Waals surface area contributed by atoms with Gasteiger partial charge >= 0.3 is 6.03 Å². The summed E-state index contributed by atoms with van der Waals surface area (Å²) in [5.74, 6) is 0.00233. The van der Waals surface area contributed by atoms with Crippen molar-refractivity contribution in [3.63, 3.8) is 0 Å². The second-order valence-corrected chi connectivity index (χ2v) is 9.29. The minimum Gasteiger partial charge on any atom is -0.338 e. The number of fused-ring (bicyclic) bond motifs is 1. The van der Waals surface area contributed by atoms with Crippen molar-refractivity contribution in [2.75, 3.05) is 6.54 Å². The normalized spacial score (nSPS) is 14.5. The van der Waals surface area contributed by atoms with E-state index in [2.05, 4.69) is 10.6 Å². The number of benzene rings is 1. The molecule has 30 heavy (non-hydrogen) atoms. The van der Waals surface area contributed by atoms with Crippen LogP contribution in [0, 0.1) is 0 Å². The molecule has 2 heterocycles. The van der Waals surface area contributed by atoms with Gasteiger partial charge in [-0.05, 0) is 55.7 Å². The number of aromatic nitrogens is 2. The number of imide groups is 1. The van der Waals surface area contributed by atoms with Gasteiger partial charge in [-0.25, -0.2) is 9.78 Å². The molecular weight excluding hydrogens is 420 g/mol. The Morgan fingerprint density at radius 1 is 1.30 bits per heavy atom. The highest BCUT2D eigenvalue weighted by atomic mass is 32.2. The number of rotatable bonds is 6. The minimum absolute atomic E-state index is 0.117. The molecule has 1 aliphatic rings. The summed E-state index contributed by atoms with van der Waals surface area (Å²) in [4.78, 5) is 43.1. The first-order chi connectivity index (χ1) is 14.5. The van der Waals surface area contributed by atoms with Crippen molar-refractivity contribution in [3.8, 4) is 5.69 Å². The van der Waals surface area contributed by atoms with Crippen molar-refractivity contribution in [1.82, 2.24) is 20.2 Å². The Balaban J connectivity index is 1.74. The van der Waals surface area contributed by atoms with Crippen molar-refractivity contribution in [1.29, 1.82) is 0 Å². The van der Waals surface area contributed by atoms with Crippen LogP contribution < -0.4 is 16.2 Å². The number of hydrogen-bond donors (Lipinski definition) is 2. The zero-order valence-electron chi connectivity index (χ0n) is 16.7. The molecule has 0 radical (unpaired) electrons. The third-order valence-electron chi connectivity index (χ3n) is 4.86. The summed E-state index contributed by atoms with van der Waals surface area (Å²) in [6.07, 6.45) is 2.20. The van der Waals surface area contributed by atoms with E-state index in [1.165, 1.54) is 11.3 Å². The van der Waals surface area contributed by atoms with Gasteiger partial charge in [0.1, 0.15) is 4.83 Å². The smallest absolute Gasteiger partial charge is 0.321 e. The molecule has 2 aromatic heterocycles. The molecule has 1 fully saturated rings. The van der Waals surface area contributed by atoms with Crippen LogP contribution in [0.25, 0.3) is 15.9 Å². The average molecular weight is 443 g/mol. The van der Waals surface area contributed by atoms with Gasteiger partial charge in [0, 0.05) is 6.54 Å². The van der Waals surface area contributed by atoms with E-state index < -0.39 is 17.2 Å². The number of nitrogens with zero attached hydrogens (tertiary/aromatic N) is 2. The van der Waals surface area contributed by atoms with Crippen LogP contribution in [0.3, 0.4) is 0 Å². The number of urea groups is 1. The lowest BCUT2D eigenvalue weighted by Crippen LogP contribution is -2.42. The zero-order chi connectivity index (χ0) is 21.3. The number of thiophene rings is 1. The fraction of sp³-hybridized carbons (Fsp3) is 0.333. The predicted molar refractivity (Wildman–Crippen MR) is 120 cm³/mol. The van der Waals surface area contributed by atoms with E-state index in [1.54, 1.807) is 18.4 Å². The number of carbonyl (C=O) groups excluding carboxylic acids is 2. The lowest BCUT2D eigenvalue weighted by Gasteiger charge is -2.15. The van der Waals surface area contributed by atoms with Gasteiger partial charge in [-0.3, -0.25) is 19.5 Å². The Morgan fingerprint density at radius 2 is 2.03 bits per heavy atom. The molecule has 0 spiro atoms. The first-order valence-corrected chi connectivity index (χ1v) is 11.6. The fourth-order valence-electron chi connectivity index (χ4n) is 3.20. The molecule has 4 rings (SSSR count). The van der Waals surface area contributed by atoms with Crippen molar-refractivity contribution >= 4 is 45.3 Å². The number of hydrogen-bond acceptors (Lipinski definition) is 6. The summed E-state index contributed by atoms with van der Waals surface area (Å²) in [5.41, 5.74) is 1.66. The first kappa shape index (κ1) is 20.6. The van der Waals surface area contributed by atoms with Gasteiger partial charge in [0.15, 0.2) is 5.16 Å². The van der Waals surface area contributed by atoms with Gasteiger partial charge in [0.25, 0.3) is 5.56 Å². The van der Waals surface area contributed by atoms with E-state index in [1.807, 2.05) is 35.7 Å². The molecule has 7 nitrogen and oxygen atoms in total. The van der Waals surface area contributed by atoms with Crippen molar-refractivity contribution in [3.05, 3.63) is 51.6 Å². The van der Waals surface area contributed by atoms with Crippen LogP contribution in [0.5, 0.6) is 0 Å². The summed E-state index contributed by atoms with van der Waals surface area (Å²) in [6.45, 7) is 3.89. The summed E-state index contributed by atoms with van der Waals surface area (Å²) >= 11 is 2.63. The number of amides is 3. The van der Waals surface area contributed by atoms with Crippen molar-refractivity contribution in [2.45, 2.75) is 43.0 Å². The topological polar surface area (TPSA) is 93.1 Å². The largest absolute Gasteiger partial charge is 0.338 e. The van der Waals surface area contributed by atoms with Gasteiger partial charge in [-0.1, -0.05) is 30.0 Å². The van der Waals surface area contributed by atoms with Crippen LogP contribution >= 0.6 is 23.1 Å². The maximum atomic E-state index is 13.5. The van der Waals surface area contributed by atoms with E-state index in [4.69, 9.17) is 4.98 Å². The molecule has 2 N–H and O–H groups in total. The van der Waals surface area contributed by atoms with Crippen LogP contribution in [0.15, 0.2) is 45.7 Å². The molecule has 3 aromatic rings. The Morgan fingerprint density at radius 3 is 2.70 bits per heavy atom. The molecule has 0 bridgehead atoms. The molecular formula is C21H22N4O3S2. The Labute approximate surface area is 181 Å². The SMILES string of the molecule is CCNC(=O)NC(=O)C(C)Sc1nc2scc(C3CC3)c2c(=O)n1-c1ccccc1. The lowest BCUT2D eigenvalue weighted by molar-refractivity contribution is -0.119. The Bertz CT molecular complexity index is 1150. The highest BCUT2D eigenvalue weighted by molar-refractivity contribution is 8.00. The monoisotopic (exact) mass is 442 g/mol. The Hall–Kier alpha value is -2.65.